The summed E-state index contributed by atoms with van der Waals surface area (Å²) in [5.74, 6) is 0.465. The van der Waals surface area contributed by atoms with Crippen molar-refractivity contribution in [3.05, 3.63) is 82.0 Å². The summed E-state index contributed by atoms with van der Waals surface area (Å²) in [7, 11) is 0. The van der Waals surface area contributed by atoms with Crippen LogP contribution in [0.25, 0.3) is 11.1 Å². The van der Waals surface area contributed by atoms with Crippen LogP contribution in [0.1, 0.15) is 35.9 Å². The maximum atomic E-state index is 12.4. The Hall–Kier alpha value is -2.60. The van der Waals surface area contributed by atoms with Crippen molar-refractivity contribution in [2.75, 3.05) is 11.9 Å². The molecule has 3 N–H and O–H groups in total. The molecule has 1 unspecified atom stereocenters. The summed E-state index contributed by atoms with van der Waals surface area (Å²) in [4.78, 5) is 16.7. The maximum absolute atomic E-state index is 12.4. The Bertz CT molecular complexity index is 1020. The number of benzene rings is 2. The Morgan fingerprint density at radius 3 is 2.50 bits per heavy atom. The van der Waals surface area contributed by atoms with Crippen molar-refractivity contribution in [1.29, 1.82) is 0 Å². The van der Waals surface area contributed by atoms with Gasteiger partial charge in [0.15, 0.2) is 0 Å². The van der Waals surface area contributed by atoms with Crippen LogP contribution in [0.2, 0.25) is 10.0 Å². The monoisotopic (exact) mass is 443 g/mol. The van der Waals surface area contributed by atoms with Gasteiger partial charge in [0.2, 0.25) is 0 Å². The van der Waals surface area contributed by atoms with Crippen LogP contribution in [0, 0.1) is 0 Å². The van der Waals surface area contributed by atoms with Crippen LogP contribution in [0.4, 0.5) is 5.82 Å². The van der Waals surface area contributed by atoms with Crippen LogP contribution in [0.3, 0.4) is 0 Å². The van der Waals surface area contributed by atoms with Gasteiger partial charge in [-0.1, -0.05) is 47.5 Å². The van der Waals surface area contributed by atoms with E-state index in [9.17, 15) is 9.90 Å². The maximum Gasteiger partial charge on any atom is 0.251 e. The first-order valence-corrected chi connectivity index (χ1v) is 10.3. The molecule has 0 aliphatic rings. The van der Waals surface area contributed by atoms with E-state index in [1.165, 1.54) is 0 Å². The van der Waals surface area contributed by atoms with Gasteiger partial charge in [-0.15, -0.1) is 0 Å². The van der Waals surface area contributed by atoms with Gasteiger partial charge >= 0.3 is 0 Å². The van der Waals surface area contributed by atoms with Crippen LogP contribution in [-0.2, 0) is 0 Å². The van der Waals surface area contributed by atoms with E-state index in [0.717, 1.165) is 16.9 Å². The number of aliphatic hydroxyl groups is 1. The highest BCUT2D eigenvalue weighted by Gasteiger charge is 2.12. The lowest BCUT2D eigenvalue weighted by atomic mass is 10.0. The third kappa shape index (κ3) is 5.72. The Balaban J connectivity index is 1.67. The van der Waals surface area contributed by atoms with Crippen LogP contribution in [0.5, 0.6) is 0 Å². The molecule has 0 aliphatic heterocycles. The largest absolute Gasteiger partial charge is 0.387 e. The molecule has 0 spiro atoms. The molecule has 1 heterocycles. The van der Waals surface area contributed by atoms with Crippen LogP contribution >= 0.6 is 23.2 Å². The second kappa shape index (κ2) is 9.94. The standard InChI is InChI=1S/C23H23Cl2N3O2/c1-14(2)28-22-11-19(20(25)12-26-22)15-6-8-16(9-7-15)23(30)27-13-21(29)17-4-3-5-18(24)10-17/h3-12,14,21,29H,13H2,1-2H3,(H,26,28)(H,27,30). The van der Waals surface area contributed by atoms with Crippen LogP contribution in [-0.4, -0.2) is 28.6 Å². The van der Waals surface area contributed by atoms with Gasteiger partial charge in [-0.3, -0.25) is 4.79 Å². The Morgan fingerprint density at radius 2 is 1.83 bits per heavy atom. The molecule has 0 radical (unpaired) electrons. The first-order valence-electron chi connectivity index (χ1n) is 9.57. The molecule has 5 nitrogen and oxygen atoms in total. The lowest BCUT2D eigenvalue weighted by molar-refractivity contribution is 0.0916. The first-order chi connectivity index (χ1) is 14.3. The molecule has 30 heavy (non-hydrogen) atoms. The minimum atomic E-state index is -0.838. The quantitative estimate of drug-likeness (QED) is 0.460. The number of halogens is 2. The van der Waals surface area contributed by atoms with Crippen molar-refractivity contribution in [1.82, 2.24) is 10.3 Å². The average molecular weight is 444 g/mol. The van der Waals surface area contributed by atoms with E-state index < -0.39 is 6.10 Å². The average Bonchev–Trinajstić information content (AvgIpc) is 2.73. The fourth-order valence-corrected chi connectivity index (χ4v) is 3.37. The van der Waals surface area contributed by atoms with E-state index in [-0.39, 0.29) is 18.5 Å². The zero-order chi connectivity index (χ0) is 21.7. The summed E-state index contributed by atoms with van der Waals surface area (Å²) in [5.41, 5.74) is 2.85. The lowest BCUT2D eigenvalue weighted by Gasteiger charge is -2.13. The summed E-state index contributed by atoms with van der Waals surface area (Å²) in [6.07, 6.45) is 0.772. The van der Waals surface area contributed by atoms with Crippen LogP contribution in [0.15, 0.2) is 60.8 Å². The number of amides is 1. The molecule has 0 bridgehead atoms. The molecular formula is C23H23Cl2N3O2. The number of nitrogens with one attached hydrogen (secondary N) is 2. The smallest absolute Gasteiger partial charge is 0.251 e. The number of hydrogen-bond acceptors (Lipinski definition) is 4. The molecule has 1 aromatic heterocycles. The fourth-order valence-electron chi connectivity index (χ4n) is 2.96. The number of rotatable bonds is 7. The number of carbonyl (C=O) groups is 1. The number of aromatic nitrogens is 1. The third-order valence-electron chi connectivity index (χ3n) is 4.44. The Labute approximate surface area is 186 Å². The van der Waals surface area contributed by atoms with Gasteiger partial charge < -0.3 is 15.7 Å². The second-order valence-corrected chi connectivity index (χ2v) is 8.05. The Kier molecular flexibility index (Phi) is 7.32. The van der Waals surface area contributed by atoms with E-state index in [1.807, 2.05) is 32.0 Å². The number of hydrogen-bond donors (Lipinski definition) is 3. The molecule has 0 saturated heterocycles. The summed E-state index contributed by atoms with van der Waals surface area (Å²) in [5, 5.41) is 17.3. The first kappa shape index (κ1) is 22.1. The summed E-state index contributed by atoms with van der Waals surface area (Å²) in [6, 6.07) is 16.2. The molecule has 2 aromatic carbocycles. The van der Waals surface area contributed by atoms with Crippen molar-refractivity contribution in [2.24, 2.45) is 0 Å². The van der Waals surface area contributed by atoms with Gasteiger partial charge in [-0.25, -0.2) is 4.98 Å². The predicted molar refractivity (Wildman–Crippen MR) is 122 cm³/mol. The molecule has 7 heteroatoms. The fraction of sp³-hybridized carbons (Fsp3) is 0.217. The van der Waals surface area contributed by atoms with E-state index in [1.54, 1.807) is 42.6 Å². The Morgan fingerprint density at radius 1 is 1.10 bits per heavy atom. The number of carbonyl (C=O) groups excluding carboxylic acids is 1. The normalized spacial score (nSPS) is 11.9. The number of anilines is 1. The zero-order valence-electron chi connectivity index (χ0n) is 16.7. The second-order valence-electron chi connectivity index (χ2n) is 7.21. The molecular weight excluding hydrogens is 421 g/mol. The zero-order valence-corrected chi connectivity index (χ0v) is 18.2. The van der Waals surface area contributed by atoms with E-state index in [0.29, 0.717) is 21.2 Å². The van der Waals surface area contributed by atoms with Crippen LogP contribution < -0.4 is 10.6 Å². The van der Waals surface area contributed by atoms with Gasteiger partial charge in [0, 0.05) is 34.9 Å². The van der Waals surface area contributed by atoms with Gasteiger partial charge in [-0.05, 0) is 55.3 Å². The summed E-state index contributed by atoms with van der Waals surface area (Å²) >= 11 is 12.3. The summed E-state index contributed by atoms with van der Waals surface area (Å²) < 4.78 is 0. The SMILES string of the molecule is CC(C)Nc1cc(-c2ccc(C(=O)NCC(O)c3cccc(Cl)c3)cc2)c(Cl)cn1. The van der Waals surface area contributed by atoms with Crippen molar-refractivity contribution in [2.45, 2.75) is 26.0 Å². The van der Waals surface area contributed by atoms with E-state index in [2.05, 4.69) is 15.6 Å². The molecule has 1 atom stereocenters. The highest BCUT2D eigenvalue weighted by Crippen LogP contribution is 2.29. The van der Waals surface area contributed by atoms with Crippen molar-refractivity contribution < 1.29 is 9.90 Å². The van der Waals surface area contributed by atoms with Crippen molar-refractivity contribution in [3.63, 3.8) is 0 Å². The van der Waals surface area contributed by atoms with Gasteiger partial charge in [-0.2, -0.15) is 0 Å². The van der Waals surface area contributed by atoms with Gasteiger partial charge in [0.1, 0.15) is 5.82 Å². The number of nitrogens with zero attached hydrogens (tertiary/aromatic N) is 1. The molecule has 0 aliphatic carbocycles. The molecule has 0 fully saturated rings. The molecule has 3 aromatic rings. The highest BCUT2D eigenvalue weighted by atomic mass is 35.5. The molecule has 156 valence electrons. The minimum Gasteiger partial charge on any atom is -0.387 e. The molecule has 3 rings (SSSR count). The lowest BCUT2D eigenvalue weighted by Crippen LogP contribution is -2.28. The van der Waals surface area contributed by atoms with Gasteiger partial charge in [0.25, 0.3) is 5.91 Å². The number of aliphatic hydroxyl groups excluding tert-OH is 1. The van der Waals surface area contributed by atoms with Crippen molar-refractivity contribution in [3.8, 4) is 11.1 Å². The van der Waals surface area contributed by atoms with E-state index >= 15 is 0 Å². The topological polar surface area (TPSA) is 74.2 Å². The highest BCUT2D eigenvalue weighted by molar-refractivity contribution is 6.33. The molecule has 0 saturated carbocycles. The van der Waals surface area contributed by atoms with Gasteiger partial charge in [0.05, 0.1) is 11.1 Å². The third-order valence-corrected chi connectivity index (χ3v) is 4.98. The van der Waals surface area contributed by atoms with Crippen molar-refractivity contribution >= 4 is 34.9 Å². The summed E-state index contributed by atoms with van der Waals surface area (Å²) in [6.45, 7) is 4.15. The minimum absolute atomic E-state index is 0.0847. The molecule has 1 amide bonds. The van der Waals surface area contributed by atoms with E-state index in [4.69, 9.17) is 23.2 Å². The predicted octanol–water partition coefficient (Wildman–Crippen LogP) is 5.34. The number of pyridine rings is 1.